The third kappa shape index (κ3) is 2.29. The normalized spacial score (nSPS) is 18.9. The average molecular weight is 246 g/mol. The first-order valence-electron chi connectivity index (χ1n) is 5.72. The summed E-state index contributed by atoms with van der Waals surface area (Å²) in [5.41, 5.74) is 8.46. The van der Waals surface area contributed by atoms with E-state index in [4.69, 9.17) is 5.73 Å². The number of benzene rings is 1. The molecule has 0 fully saturated rings. The number of thioether (sulfide) groups is 1. The van der Waals surface area contributed by atoms with Crippen molar-refractivity contribution in [2.45, 2.75) is 29.7 Å². The van der Waals surface area contributed by atoms with Gasteiger partial charge >= 0.3 is 0 Å². The van der Waals surface area contributed by atoms with E-state index in [1.165, 1.54) is 17.5 Å². The Hall–Kier alpha value is -1.49. The van der Waals surface area contributed by atoms with Gasteiger partial charge in [0.15, 0.2) is 0 Å². The van der Waals surface area contributed by atoms with E-state index in [-0.39, 0.29) is 0 Å². The third-order valence-corrected chi connectivity index (χ3v) is 4.18. The largest absolute Gasteiger partial charge is 0.368 e. The van der Waals surface area contributed by atoms with Crippen LogP contribution in [0.25, 0.3) is 0 Å². The van der Waals surface area contributed by atoms with E-state index in [0.717, 1.165) is 18.0 Å². The van der Waals surface area contributed by atoms with Gasteiger partial charge in [0.1, 0.15) is 0 Å². The van der Waals surface area contributed by atoms with Gasteiger partial charge < -0.3 is 5.73 Å². The second-order valence-electron chi connectivity index (χ2n) is 4.25. The zero-order valence-electron chi connectivity index (χ0n) is 9.39. The fraction of sp³-hybridized carbons (Fsp3) is 0.333. The smallest absolute Gasteiger partial charge is 0.216 e. The summed E-state index contributed by atoms with van der Waals surface area (Å²) in [7, 11) is 0. The highest BCUT2D eigenvalue weighted by atomic mass is 32.2. The Morgan fingerprint density at radius 1 is 1.29 bits per heavy atom. The van der Waals surface area contributed by atoms with Crippen molar-refractivity contribution in [3.05, 3.63) is 35.4 Å². The van der Waals surface area contributed by atoms with Crippen molar-refractivity contribution >= 4 is 17.7 Å². The van der Waals surface area contributed by atoms with Crippen molar-refractivity contribution in [3.63, 3.8) is 0 Å². The molecule has 0 saturated heterocycles. The molecule has 0 aliphatic heterocycles. The van der Waals surface area contributed by atoms with Gasteiger partial charge in [-0.2, -0.15) is 4.98 Å². The predicted octanol–water partition coefficient (Wildman–Crippen LogP) is 2.04. The average Bonchev–Trinajstić information content (AvgIpc) is 2.75. The lowest BCUT2D eigenvalue weighted by Gasteiger charge is -2.22. The lowest BCUT2D eigenvalue weighted by atomic mass is 9.92. The number of H-pyrrole nitrogens is 1. The van der Waals surface area contributed by atoms with Crippen molar-refractivity contribution in [2.75, 3.05) is 5.73 Å². The van der Waals surface area contributed by atoms with E-state index >= 15 is 0 Å². The maximum absolute atomic E-state index is 5.52. The number of aromatic nitrogens is 3. The molecule has 2 aromatic rings. The van der Waals surface area contributed by atoms with Gasteiger partial charge in [0.2, 0.25) is 11.1 Å². The van der Waals surface area contributed by atoms with Gasteiger partial charge in [0, 0.05) is 5.25 Å². The summed E-state index contributed by atoms with van der Waals surface area (Å²) in [6, 6.07) is 8.66. The summed E-state index contributed by atoms with van der Waals surface area (Å²) < 4.78 is 0. The Labute approximate surface area is 104 Å². The number of nitrogens with one attached hydrogen (secondary N) is 1. The number of nitrogens with two attached hydrogens (primary N) is 1. The van der Waals surface area contributed by atoms with E-state index in [9.17, 15) is 0 Å². The molecule has 0 bridgehead atoms. The van der Waals surface area contributed by atoms with Crippen LogP contribution in [0.4, 0.5) is 5.95 Å². The van der Waals surface area contributed by atoms with Crippen LogP contribution in [-0.4, -0.2) is 20.4 Å². The van der Waals surface area contributed by atoms with Crippen LogP contribution in [0.2, 0.25) is 0 Å². The van der Waals surface area contributed by atoms with Gasteiger partial charge in [-0.15, -0.1) is 5.10 Å². The number of rotatable bonds is 2. The predicted molar refractivity (Wildman–Crippen MR) is 68.9 cm³/mol. The fourth-order valence-electron chi connectivity index (χ4n) is 2.22. The van der Waals surface area contributed by atoms with E-state index in [2.05, 4.69) is 39.4 Å². The number of aromatic amines is 1. The first kappa shape index (κ1) is 10.7. The number of aryl methyl sites for hydroxylation is 1. The summed E-state index contributed by atoms with van der Waals surface area (Å²) in [4.78, 5) is 4.13. The molecule has 1 aromatic heterocycles. The van der Waals surface area contributed by atoms with E-state index < -0.39 is 0 Å². The zero-order chi connectivity index (χ0) is 11.7. The number of nitrogens with zero attached hydrogens (tertiary/aromatic N) is 2. The van der Waals surface area contributed by atoms with Crippen LogP contribution in [0, 0.1) is 0 Å². The Balaban J connectivity index is 1.72. The molecule has 1 aliphatic carbocycles. The van der Waals surface area contributed by atoms with Gasteiger partial charge in [-0.3, -0.25) is 0 Å². The van der Waals surface area contributed by atoms with Crippen LogP contribution in [0.3, 0.4) is 0 Å². The van der Waals surface area contributed by atoms with Crippen LogP contribution >= 0.6 is 11.8 Å². The highest BCUT2D eigenvalue weighted by Gasteiger charge is 2.20. The van der Waals surface area contributed by atoms with Gasteiger partial charge in [0.05, 0.1) is 0 Å². The molecule has 0 spiro atoms. The molecule has 0 radical (unpaired) electrons. The number of fused-ring (bicyclic) bond motifs is 1. The Bertz CT molecular complexity index is 523. The van der Waals surface area contributed by atoms with Crippen molar-refractivity contribution < 1.29 is 0 Å². The Kier molecular flexibility index (Phi) is 2.76. The van der Waals surface area contributed by atoms with Crippen LogP contribution in [0.15, 0.2) is 29.4 Å². The molecular weight excluding hydrogens is 232 g/mol. The number of nitrogen functional groups attached to an aromatic ring is 1. The van der Waals surface area contributed by atoms with Crippen LogP contribution in [0.1, 0.15) is 17.5 Å². The summed E-state index contributed by atoms with van der Waals surface area (Å²) in [6.45, 7) is 0. The summed E-state index contributed by atoms with van der Waals surface area (Å²) in [6.07, 6.45) is 3.42. The molecule has 1 aliphatic rings. The maximum Gasteiger partial charge on any atom is 0.216 e. The lowest BCUT2D eigenvalue weighted by Crippen LogP contribution is -2.16. The second kappa shape index (κ2) is 4.41. The van der Waals surface area contributed by atoms with Crippen molar-refractivity contribution in [3.8, 4) is 0 Å². The number of hydrogen-bond donors (Lipinski definition) is 2. The molecule has 0 unspecified atom stereocenters. The highest BCUT2D eigenvalue weighted by molar-refractivity contribution is 7.99. The molecule has 0 saturated carbocycles. The van der Waals surface area contributed by atoms with Gasteiger partial charge in [-0.1, -0.05) is 36.0 Å². The molecule has 5 heteroatoms. The fourth-order valence-corrected chi connectivity index (χ4v) is 3.27. The molecule has 0 amide bonds. The summed E-state index contributed by atoms with van der Waals surface area (Å²) >= 11 is 1.72. The molecular formula is C12H14N4S. The summed E-state index contributed by atoms with van der Waals surface area (Å²) in [5.74, 6) is 0.392. The van der Waals surface area contributed by atoms with E-state index in [0.29, 0.717) is 11.2 Å². The van der Waals surface area contributed by atoms with Gasteiger partial charge in [-0.25, -0.2) is 5.10 Å². The monoisotopic (exact) mass is 246 g/mol. The SMILES string of the molecule is Nc1nc(S[C@@H]2CCc3ccccc3C2)n[nH]1. The molecule has 88 valence electrons. The maximum atomic E-state index is 5.52. The quantitative estimate of drug-likeness (QED) is 0.851. The van der Waals surface area contributed by atoms with Crippen molar-refractivity contribution in [1.82, 2.24) is 15.2 Å². The van der Waals surface area contributed by atoms with Gasteiger partial charge in [-0.05, 0) is 30.4 Å². The van der Waals surface area contributed by atoms with Crippen LogP contribution < -0.4 is 5.73 Å². The third-order valence-electron chi connectivity index (χ3n) is 3.06. The molecule has 1 heterocycles. The van der Waals surface area contributed by atoms with E-state index in [1.54, 1.807) is 11.8 Å². The van der Waals surface area contributed by atoms with Crippen LogP contribution in [0.5, 0.6) is 0 Å². The Morgan fingerprint density at radius 3 is 2.88 bits per heavy atom. The summed E-state index contributed by atoms with van der Waals surface area (Å²) in [5, 5.41) is 8.05. The highest BCUT2D eigenvalue weighted by Crippen LogP contribution is 2.31. The number of hydrogen-bond acceptors (Lipinski definition) is 4. The van der Waals surface area contributed by atoms with Crippen LogP contribution in [-0.2, 0) is 12.8 Å². The molecule has 1 atom stereocenters. The van der Waals surface area contributed by atoms with E-state index in [1.807, 2.05) is 0 Å². The minimum absolute atomic E-state index is 0.392. The molecule has 4 nitrogen and oxygen atoms in total. The minimum Gasteiger partial charge on any atom is -0.368 e. The first-order valence-corrected chi connectivity index (χ1v) is 6.60. The second-order valence-corrected chi connectivity index (χ2v) is 5.52. The first-order chi connectivity index (χ1) is 8.31. The Morgan fingerprint density at radius 2 is 2.12 bits per heavy atom. The van der Waals surface area contributed by atoms with Crippen molar-refractivity contribution in [2.24, 2.45) is 0 Å². The standard InChI is InChI=1S/C12H14N4S/c13-11-14-12(16-15-11)17-10-6-5-8-3-1-2-4-9(8)7-10/h1-4,10H,5-7H2,(H3,13,14,15,16)/t10-/m1/s1. The lowest BCUT2D eigenvalue weighted by molar-refractivity contribution is 0.699. The molecule has 3 N–H and O–H groups in total. The molecule has 17 heavy (non-hydrogen) atoms. The molecule has 3 rings (SSSR count). The minimum atomic E-state index is 0.392. The van der Waals surface area contributed by atoms with Crippen molar-refractivity contribution in [1.29, 1.82) is 0 Å². The number of anilines is 1. The molecule has 1 aromatic carbocycles. The topological polar surface area (TPSA) is 67.6 Å². The van der Waals surface area contributed by atoms with Gasteiger partial charge in [0.25, 0.3) is 0 Å². The zero-order valence-corrected chi connectivity index (χ0v) is 10.2.